The maximum absolute atomic E-state index is 12.1. The number of nitrogens with one attached hydrogen (secondary N) is 1. The van der Waals surface area contributed by atoms with E-state index in [0.29, 0.717) is 12.4 Å². The van der Waals surface area contributed by atoms with Gasteiger partial charge in [0.25, 0.3) is 0 Å². The van der Waals surface area contributed by atoms with Crippen molar-refractivity contribution in [1.82, 2.24) is 5.16 Å². The largest absolute Gasteiger partial charge is 0.446 e. The lowest BCUT2D eigenvalue weighted by atomic mass is 10.2. The number of benzene rings is 1. The minimum Gasteiger partial charge on any atom is -0.363 e. The number of nitrogens with zero attached hydrogens (tertiary/aromatic N) is 1. The standard InChI is InChI=1S/C11H9F3N2OS/c12-11(13,14)18-9-3-1-8(2-4-9)7-15-10-5-6-17-16-10/h1-6H,7H2,(H,15,16). The second kappa shape index (κ2) is 5.34. The van der Waals surface area contributed by atoms with Crippen LogP contribution in [0.5, 0.6) is 0 Å². The first-order valence-electron chi connectivity index (χ1n) is 5.02. The third-order valence-electron chi connectivity index (χ3n) is 2.07. The summed E-state index contributed by atoms with van der Waals surface area (Å²) in [6.45, 7) is 0.476. The predicted molar refractivity (Wildman–Crippen MR) is 62.2 cm³/mol. The summed E-state index contributed by atoms with van der Waals surface area (Å²) < 4.78 is 41.0. The lowest BCUT2D eigenvalue weighted by Gasteiger charge is -2.07. The molecular weight excluding hydrogens is 265 g/mol. The smallest absolute Gasteiger partial charge is 0.363 e. The van der Waals surface area contributed by atoms with Crippen molar-refractivity contribution in [3.8, 4) is 0 Å². The Morgan fingerprint density at radius 3 is 2.44 bits per heavy atom. The van der Waals surface area contributed by atoms with Gasteiger partial charge in [0.2, 0.25) is 0 Å². The number of anilines is 1. The molecule has 0 unspecified atom stereocenters. The maximum atomic E-state index is 12.1. The Morgan fingerprint density at radius 2 is 1.89 bits per heavy atom. The molecule has 96 valence electrons. The van der Waals surface area contributed by atoms with Crippen LogP contribution in [0.4, 0.5) is 19.0 Å². The predicted octanol–water partition coefficient (Wildman–Crippen LogP) is 3.90. The van der Waals surface area contributed by atoms with E-state index in [0.717, 1.165) is 5.56 Å². The first-order valence-corrected chi connectivity index (χ1v) is 5.83. The number of rotatable bonds is 4. The first kappa shape index (κ1) is 12.8. The van der Waals surface area contributed by atoms with Gasteiger partial charge < -0.3 is 9.84 Å². The van der Waals surface area contributed by atoms with E-state index in [2.05, 4.69) is 15.0 Å². The van der Waals surface area contributed by atoms with E-state index in [1.54, 1.807) is 18.2 Å². The lowest BCUT2D eigenvalue weighted by Crippen LogP contribution is -2.00. The average Bonchev–Trinajstić information content (AvgIpc) is 2.79. The number of hydrogen-bond donors (Lipinski definition) is 1. The van der Waals surface area contributed by atoms with Crippen LogP contribution in [0.2, 0.25) is 0 Å². The Kier molecular flexibility index (Phi) is 3.81. The third-order valence-corrected chi connectivity index (χ3v) is 2.81. The summed E-state index contributed by atoms with van der Waals surface area (Å²) in [5, 5.41) is 6.63. The molecule has 18 heavy (non-hydrogen) atoms. The Hall–Kier alpha value is -1.63. The van der Waals surface area contributed by atoms with Crippen LogP contribution < -0.4 is 5.32 Å². The molecular formula is C11H9F3N2OS. The summed E-state index contributed by atoms with van der Waals surface area (Å²) in [7, 11) is 0. The van der Waals surface area contributed by atoms with Crippen LogP contribution in [-0.4, -0.2) is 10.7 Å². The SMILES string of the molecule is FC(F)(F)Sc1ccc(CNc2ccon2)cc1. The van der Waals surface area contributed by atoms with Crippen molar-refractivity contribution in [2.75, 3.05) is 5.32 Å². The molecule has 0 bridgehead atoms. The van der Waals surface area contributed by atoms with Crippen molar-refractivity contribution < 1.29 is 17.7 Å². The fraction of sp³-hybridized carbons (Fsp3) is 0.182. The molecule has 0 aliphatic heterocycles. The van der Waals surface area contributed by atoms with Crippen LogP contribution in [0, 0.1) is 0 Å². The van der Waals surface area contributed by atoms with Gasteiger partial charge in [0.15, 0.2) is 5.82 Å². The quantitative estimate of drug-likeness (QED) is 0.858. The number of halogens is 3. The zero-order valence-corrected chi connectivity index (χ0v) is 9.89. The fourth-order valence-corrected chi connectivity index (χ4v) is 1.84. The first-order chi connectivity index (χ1) is 8.53. The van der Waals surface area contributed by atoms with Gasteiger partial charge in [0, 0.05) is 17.5 Å². The molecule has 1 N–H and O–H groups in total. The molecule has 0 aliphatic carbocycles. The summed E-state index contributed by atoms with van der Waals surface area (Å²) in [6.07, 6.45) is 1.44. The monoisotopic (exact) mass is 274 g/mol. The Morgan fingerprint density at radius 1 is 1.17 bits per heavy atom. The van der Waals surface area contributed by atoms with E-state index in [4.69, 9.17) is 0 Å². The van der Waals surface area contributed by atoms with Crippen LogP contribution in [0.3, 0.4) is 0 Å². The third kappa shape index (κ3) is 3.99. The average molecular weight is 274 g/mol. The van der Waals surface area contributed by atoms with Crippen LogP contribution in [-0.2, 0) is 6.54 Å². The van der Waals surface area contributed by atoms with Crippen molar-refractivity contribution in [3.63, 3.8) is 0 Å². The number of hydrogen-bond acceptors (Lipinski definition) is 4. The highest BCUT2D eigenvalue weighted by atomic mass is 32.2. The summed E-state index contributed by atoms with van der Waals surface area (Å²) in [5.41, 5.74) is -3.38. The minimum atomic E-state index is -4.25. The molecule has 7 heteroatoms. The highest BCUT2D eigenvalue weighted by Crippen LogP contribution is 2.36. The zero-order chi connectivity index (χ0) is 13.0. The van der Waals surface area contributed by atoms with Crippen molar-refractivity contribution in [1.29, 1.82) is 0 Å². The molecule has 0 fully saturated rings. The summed E-state index contributed by atoms with van der Waals surface area (Å²) >= 11 is -0.122. The molecule has 1 aromatic heterocycles. The van der Waals surface area contributed by atoms with E-state index in [1.165, 1.54) is 18.4 Å². The van der Waals surface area contributed by atoms with Gasteiger partial charge >= 0.3 is 5.51 Å². The van der Waals surface area contributed by atoms with Crippen molar-refractivity contribution >= 4 is 17.6 Å². The van der Waals surface area contributed by atoms with Gasteiger partial charge in [-0.2, -0.15) is 13.2 Å². The molecule has 0 saturated heterocycles. The van der Waals surface area contributed by atoms with E-state index in [9.17, 15) is 13.2 Å². The molecule has 0 saturated carbocycles. The number of aromatic nitrogens is 1. The topological polar surface area (TPSA) is 38.1 Å². The minimum absolute atomic E-state index is 0.122. The number of alkyl halides is 3. The second-order valence-electron chi connectivity index (χ2n) is 3.43. The normalized spacial score (nSPS) is 11.5. The highest BCUT2D eigenvalue weighted by molar-refractivity contribution is 8.00. The van der Waals surface area contributed by atoms with E-state index in [-0.39, 0.29) is 16.7 Å². The van der Waals surface area contributed by atoms with Gasteiger partial charge in [-0.25, -0.2) is 0 Å². The van der Waals surface area contributed by atoms with E-state index in [1.807, 2.05) is 0 Å². The molecule has 2 aromatic rings. The summed E-state index contributed by atoms with van der Waals surface area (Å²) in [6, 6.07) is 7.83. The molecule has 0 amide bonds. The van der Waals surface area contributed by atoms with Crippen molar-refractivity contribution in [2.45, 2.75) is 16.9 Å². The Balaban J connectivity index is 1.91. The molecule has 0 spiro atoms. The van der Waals surface area contributed by atoms with E-state index < -0.39 is 5.51 Å². The molecule has 0 radical (unpaired) electrons. The van der Waals surface area contributed by atoms with Crippen LogP contribution in [0.15, 0.2) is 46.0 Å². The van der Waals surface area contributed by atoms with Gasteiger partial charge in [0.05, 0.1) is 0 Å². The number of thioether (sulfide) groups is 1. The molecule has 0 atom stereocenters. The Bertz CT molecular complexity index is 482. The molecule has 1 heterocycles. The Labute approximate surface area is 105 Å². The molecule has 1 aromatic carbocycles. The summed E-state index contributed by atoms with van der Waals surface area (Å²) in [4.78, 5) is 0.174. The van der Waals surface area contributed by atoms with Crippen LogP contribution in [0.25, 0.3) is 0 Å². The summed E-state index contributed by atoms with van der Waals surface area (Å²) in [5.74, 6) is 0.587. The second-order valence-corrected chi connectivity index (χ2v) is 4.57. The van der Waals surface area contributed by atoms with Crippen molar-refractivity contribution in [3.05, 3.63) is 42.2 Å². The van der Waals surface area contributed by atoms with Gasteiger partial charge in [0.1, 0.15) is 6.26 Å². The van der Waals surface area contributed by atoms with Gasteiger partial charge in [-0.3, -0.25) is 0 Å². The highest BCUT2D eigenvalue weighted by Gasteiger charge is 2.28. The lowest BCUT2D eigenvalue weighted by molar-refractivity contribution is -0.0328. The van der Waals surface area contributed by atoms with E-state index >= 15 is 0 Å². The van der Waals surface area contributed by atoms with Crippen LogP contribution >= 0.6 is 11.8 Å². The van der Waals surface area contributed by atoms with Gasteiger partial charge in [-0.15, -0.1) is 0 Å². The van der Waals surface area contributed by atoms with Crippen molar-refractivity contribution in [2.24, 2.45) is 0 Å². The van der Waals surface area contributed by atoms with Crippen LogP contribution in [0.1, 0.15) is 5.56 Å². The molecule has 0 aliphatic rings. The molecule has 2 rings (SSSR count). The fourth-order valence-electron chi connectivity index (χ4n) is 1.31. The zero-order valence-electron chi connectivity index (χ0n) is 9.07. The van der Waals surface area contributed by atoms with Gasteiger partial charge in [-0.1, -0.05) is 17.3 Å². The maximum Gasteiger partial charge on any atom is 0.446 e. The molecule has 3 nitrogen and oxygen atoms in total. The van der Waals surface area contributed by atoms with Gasteiger partial charge in [-0.05, 0) is 29.5 Å².